The molecule has 1 fully saturated rings. The van der Waals surface area contributed by atoms with E-state index in [0.717, 1.165) is 15.7 Å². The number of hydrogen-bond donors (Lipinski definition) is 0. The monoisotopic (exact) mass is 495 g/mol. The van der Waals surface area contributed by atoms with E-state index in [1.165, 1.54) is 0 Å². The average Bonchev–Trinajstić information content (AvgIpc) is 3.10. The normalized spacial score (nSPS) is 23.3. The number of ether oxygens (including phenoxy) is 4. The van der Waals surface area contributed by atoms with Gasteiger partial charge in [0.05, 0.1) is 13.7 Å². The molecular weight excluding hydrogens is 474 g/mol. The summed E-state index contributed by atoms with van der Waals surface area (Å²) in [7, 11) is 1.61. The van der Waals surface area contributed by atoms with E-state index in [9.17, 15) is 4.79 Å². The summed E-state index contributed by atoms with van der Waals surface area (Å²) in [5.41, 5.74) is 2.38. The van der Waals surface area contributed by atoms with Gasteiger partial charge in [0.25, 0.3) is 5.79 Å². The molecular formula is C25H22BrNO5. The number of esters is 1. The van der Waals surface area contributed by atoms with Crippen LogP contribution in [0.5, 0.6) is 11.5 Å². The molecule has 2 heterocycles. The van der Waals surface area contributed by atoms with Crippen molar-refractivity contribution in [3.8, 4) is 11.5 Å². The van der Waals surface area contributed by atoms with Crippen LogP contribution >= 0.6 is 15.9 Å². The molecule has 7 heteroatoms. The van der Waals surface area contributed by atoms with Crippen LogP contribution in [-0.2, 0) is 20.1 Å². The molecule has 3 aromatic rings. The first-order chi connectivity index (χ1) is 15.6. The molecule has 0 radical (unpaired) electrons. The molecule has 32 heavy (non-hydrogen) atoms. The Balaban J connectivity index is 1.73. The number of nitrogens with zero attached hydrogens (tertiary/aromatic N) is 1. The van der Waals surface area contributed by atoms with E-state index in [0.29, 0.717) is 17.1 Å². The molecule has 2 bridgehead atoms. The number of halogens is 1. The number of methoxy groups -OCH3 is 1. The third-order valence-electron chi connectivity index (χ3n) is 5.75. The van der Waals surface area contributed by atoms with Crippen LogP contribution in [0.3, 0.4) is 0 Å². The minimum absolute atomic E-state index is 0.250. The maximum absolute atomic E-state index is 13.4. The Bertz CT molecular complexity index is 1130. The molecule has 164 valence electrons. The third kappa shape index (κ3) is 3.24. The molecule has 0 aliphatic carbocycles. The summed E-state index contributed by atoms with van der Waals surface area (Å²) in [6, 6.07) is 22.0. The van der Waals surface area contributed by atoms with Crippen molar-refractivity contribution in [2.45, 2.75) is 25.0 Å². The Hall–Kier alpha value is -3.03. The van der Waals surface area contributed by atoms with E-state index in [-0.39, 0.29) is 6.61 Å². The lowest BCUT2D eigenvalue weighted by atomic mass is 9.96. The average molecular weight is 496 g/mol. The van der Waals surface area contributed by atoms with Gasteiger partial charge in [0, 0.05) is 21.3 Å². The fourth-order valence-corrected chi connectivity index (χ4v) is 4.60. The van der Waals surface area contributed by atoms with E-state index < -0.39 is 24.0 Å². The Labute approximate surface area is 194 Å². The number of rotatable bonds is 5. The smallest absolute Gasteiger partial charge is 0.336 e. The van der Waals surface area contributed by atoms with Gasteiger partial charge < -0.3 is 23.8 Å². The molecule has 0 N–H and O–H groups in total. The van der Waals surface area contributed by atoms with Crippen molar-refractivity contribution in [1.82, 2.24) is 0 Å². The molecule has 5 rings (SSSR count). The van der Waals surface area contributed by atoms with Crippen LogP contribution in [0.15, 0.2) is 77.3 Å². The Kier molecular flexibility index (Phi) is 5.31. The topological polar surface area (TPSA) is 57.2 Å². The van der Waals surface area contributed by atoms with Crippen LogP contribution in [0, 0.1) is 0 Å². The SMILES string of the molecule is CCOC(=O)[C@H]1N(c2ccc(Br)cc2)[C@H]2O[C@]1(c1ccc(OC)cc1)Oc1ccccc12. The highest BCUT2D eigenvalue weighted by Gasteiger charge is 2.64. The van der Waals surface area contributed by atoms with Crippen LogP contribution < -0.4 is 14.4 Å². The Morgan fingerprint density at radius 3 is 2.47 bits per heavy atom. The molecule has 0 unspecified atom stereocenters. The van der Waals surface area contributed by atoms with Crippen LogP contribution in [-0.4, -0.2) is 25.7 Å². The van der Waals surface area contributed by atoms with Crippen molar-refractivity contribution < 1.29 is 23.7 Å². The summed E-state index contributed by atoms with van der Waals surface area (Å²) < 4.78 is 24.9. The van der Waals surface area contributed by atoms with Gasteiger partial charge in [-0.3, -0.25) is 0 Å². The van der Waals surface area contributed by atoms with E-state index in [4.69, 9.17) is 18.9 Å². The van der Waals surface area contributed by atoms with Gasteiger partial charge in [0.1, 0.15) is 11.5 Å². The van der Waals surface area contributed by atoms with Crippen molar-refractivity contribution in [2.24, 2.45) is 0 Å². The summed E-state index contributed by atoms with van der Waals surface area (Å²) in [5, 5.41) is 0. The van der Waals surface area contributed by atoms with Crippen LogP contribution in [0.25, 0.3) is 0 Å². The zero-order valence-corrected chi connectivity index (χ0v) is 19.2. The van der Waals surface area contributed by atoms with Crippen molar-refractivity contribution in [3.63, 3.8) is 0 Å². The zero-order chi connectivity index (χ0) is 22.3. The zero-order valence-electron chi connectivity index (χ0n) is 17.7. The predicted octanol–water partition coefficient (Wildman–Crippen LogP) is 5.17. The van der Waals surface area contributed by atoms with Gasteiger partial charge in [-0.15, -0.1) is 0 Å². The number of carbonyl (C=O) groups excluding carboxylic acids is 1. The number of fused-ring (bicyclic) bond motifs is 4. The molecule has 0 saturated carbocycles. The fourth-order valence-electron chi connectivity index (χ4n) is 4.34. The van der Waals surface area contributed by atoms with Gasteiger partial charge in [0.2, 0.25) is 6.04 Å². The summed E-state index contributed by atoms with van der Waals surface area (Å²) in [6.07, 6.45) is -0.530. The van der Waals surface area contributed by atoms with Crippen LogP contribution in [0.1, 0.15) is 24.3 Å². The van der Waals surface area contributed by atoms with Gasteiger partial charge in [-0.25, -0.2) is 4.79 Å². The molecule has 6 nitrogen and oxygen atoms in total. The summed E-state index contributed by atoms with van der Waals surface area (Å²) in [5.74, 6) is -0.423. The highest BCUT2D eigenvalue weighted by atomic mass is 79.9. The summed E-state index contributed by atoms with van der Waals surface area (Å²) >= 11 is 3.49. The maximum Gasteiger partial charge on any atom is 0.336 e. The standard InChI is InChI=1S/C25H22BrNO5/c1-3-30-24(28)22-25(16-8-14-19(29-2)15-9-16)31-21-7-5-4-6-20(21)23(32-25)27(22)18-12-10-17(26)11-13-18/h4-15,22-23H,3H2,1-2H3/t22-,23+,25+/m1/s1. The van der Waals surface area contributed by atoms with Gasteiger partial charge in [-0.2, -0.15) is 0 Å². The summed E-state index contributed by atoms with van der Waals surface area (Å²) in [6.45, 7) is 2.04. The van der Waals surface area contributed by atoms with Crippen molar-refractivity contribution in [2.75, 3.05) is 18.6 Å². The van der Waals surface area contributed by atoms with Gasteiger partial charge in [0.15, 0.2) is 6.23 Å². The van der Waals surface area contributed by atoms with E-state index in [2.05, 4.69) is 15.9 Å². The molecule has 2 aliphatic rings. The number of benzene rings is 3. The first-order valence-corrected chi connectivity index (χ1v) is 11.2. The third-order valence-corrected chi connectivity index (χ3v) is 6.28. The second kappa shape index (κ2) is 8.15. The molecule has 0 spiro atoms. The van der Waals surface area contributed by atoms with Gasteiger partial charge in [-0.05, 0) is 61.5 Å². The lowest BCUT2D eigenvalue weighted by Crippen LogP contribution is -2.52. The van der Waals surface area contributed by atoms with E-state index >= 15 is 0 Å². The Morgan fingerprint density at radius 1 is 1.06 bits per heavy atom. The second-order valence-corrected chi connectivity index (χ2v) is 8.46. The highest BCUT2D eigenvalue weighted by molar-refractivity contribution is 9.10. The molecule has 0 amide bonds. The van der Waals surface area contributed by atoms with E-state index in [1.54, 1.807) is 14.0 Å². The Morgan fingerprint density at radius 2 is 1.78 bits per heavy atom. The lowest BCUT2D eigenvalue weighted by molar-refractivity contribution is -0.209. The minimum atomic E-state index is -1.38. The van der Waals surface area contributed by atoms with Crippen molar-refractivity contribution >= 4 is 27.6 Å². The van der Waals surface area contributed by atoms with Gasteiger partial charge in [-0.1, -0.05) is 34.1 Å². The van der Waals surface area contributed by atoms with Crippen molar-refractivity contribution in [3.05, 3.63) is 88.4 Å². The molecule has 3 aromatic carbocycles. The van der Waals surface area contributed by atoms with Gasteiger partial charge >= 0.3 is 5.97 Å². The first-order valence-electron chi connectivity index (χ1n) is 10.4. The van der Waals surface area contributed by atoms with E-state index in [1.807, 2.05) is 77.7 Å². The highest BCUT2D eigenvalue weighted by Crippen LogP contribution is 2.55. The van der Waals surface area contributed by atoms with Crippen LogP contribution in [0.4, 0.5) is 5.69 Å². The fraction of sp³-hybridized carbons (Fsp3) is 0.240. The number of carbonyl (C=O) groups is 1. The molecule has 2 aliphatic heterocycles. The largest absolute Gasteiger partial charge is 0.497 e. The first kappa shape index (κ1) is 20.8. The molecule has 0 aromatic heterocycles. The van der Waals surface area contributed by atoms with Crippen LogP contribution in [0.2, 0.25) is 0 Å². The van der Waals surface area contributed by atoms with Crippen molar-refractivity contribution in [1.29, 1.82) is 0 Å². The quantitative estimate of drug-likeness (QED) is 0.455. The predicted molar refractivity (Wildman–Crippen MR) is 123 cm³/mol. The number of anilines is 1. The summed E-state index contributed by atoms with van der Waals surface area (Å²) in [4.78, 5) is 15.4. The maximum atomic E-state index is 13.4. The molecule has 3 atom stereocenters. The lowest BCUT2D eigenvalue weighted by Gasteiger charge is -2.36. The minimum Gasteiger partial charge on any atom is -0.497 e. The number of para-hydroxylation sites is 1. The number of hydrogen-bond acceptors (Lipinski definition) is 6. The molecule has 1 saturated heterocycles. The second-order valence-electron chi connectivity index (χ2n) is 7.54.